The minimum Gasteiger partial charge on any atom is -0.193 e. The SMILES string of the molecule is CC1=C[N+](Cc2ccccc2)(N(C)C)C(c2ccc(Br)cc2)=N1. The minimum absolute atomic E-state index is 0.595. The smallest absolute Gasteiger partial charge is 0.193 e. The highest BCUT2D eigenvalue weighted by molar-refractivity contribution is 9.10. The number of allylic oxidation sites excluding steroid dienone is 1. The molecular formula is C19H21BrN3+. The second-order valence-electron chi connectivity index (χ2n) is 6.03. The first-order chi connectivity index (χ1) is 11.0. The summed E-state index contributed by atoms with van der Waals surface area (Å²) in [4.78, 5) is 4.85. The number of aliphatic imine (C=N–C) groups is 1. The van der Waals surface area contributed by atoms with Crippen molar-refractivity contribution in [2.45, 2.75) is 13.5 Å². The van der Waals surface area contributed by atoms with Crippen molar-refractivity contribution in [1.29, 1.82) is 0 Å². The van der Waals surface area contributed by atoms with Gasteiger partial charge in [-0.25, -0.2) is 0 Å². The van der Waals surface area contributed by atoms with E-state index in [1.54, 1.807) is 0 Å². The normalized spacial score (nSPS) is 20.6. The highest BCUT2D eigenvalue weighted by Crippen LogP contribution is 2.30. The molecule has 118 valence electrons. The summed E-state index contributed by atoms with van der Waals surface area (Å²) in [7, 11) is 4.21. The van der Waals surface area contributed by atoms with Crippen molar-refractivity contribution in [3.63, 3.8) is 0 Å². The molecule has 2 aromatic carbocycles. The van der Waals surface area contributed by atoms with Crippen molar-refractivity contribution in [3.8, 4) is 0 Å². The molecule has 0 spiro atoms. The minimum atomic E-state index is 0.595. The number of amidine groups is 1. The van der Waals surface area contributed by atoms with Gasteiger partial charge in [-0.1, -0.05) is 46.3 Å². The van der Waals surface area contributed by atoms with Crippen LogP contribution in [0.5, 0.6) is 0 Å². The summed E-state index contributed by atoms with van der Waals surface area (Å²) >= 11 is 3.51. The van der Waals surface area contributed by atoms with Gasteiger partial charge in [0.1, 0.15) is 12.7 Å². The zero-order valence-electron chi connectivity index (χ0n) is 13.7. The molecular weight excluding hydrogens is 350 g/mol. The zero-order chi connectivity index (χ0) is 16.4. The molecule has 0 N–H and O–H groups in total. The van der Waals surface area contributed by atoms with Crippen LogP contribution in [-0.4, -0.2) is 29.5 Å². The van der Waals surface area contributed by atoms with E-state index in [1.807, 2.05) is 0 Å². The fraction of sp³-hybridized carbons (Fsp3) is 0.211. The third kappa shape index (κ3) is 3.15. The van der Waals surface area contributed by atoms with Crippen LogP contribution in [0, 0.1) is 0 Å². The van der Waals surface area contributed by atoms with Crippen LogP contribution in [0.3, 0.4) is 0 Å². The van der Waals surface area contributed by atoms with Crippen LogP contribution in [0.2, 0.25) is 0 Å². The van der Waals surface area contributed by atoms with Crippen molar-refractivity contribution in [1.82, 2.24) is 5.01 Å². The molecule has 1 atom stereocenters. The third-order valence-corrected chi connectivity index (χ3v) is 4.66. The molecule has 1 aliphatic rings. The third-order valence-electron chi connectivity index (χ3n) is 4.13. The molecule has 0 amide bonds. The number of rotatable bonds is 4. The van der Waals surface area contributed by atoms with E-state index >= 15 is 0 Å². The monoisotopic (exact) mass is 370 g/mol. The fourth-order valence-electron chi connectivity index (χ4n) is 2.97. The van der Waals surface area contributed by atoms with Gasteiger partial charge in [0.05, 0.1) is 11.3 Å². The lowest BCUT2D eigenvalue weighted by molar-refractivity contribution is -0.917. The molecule has 1 heterocycles. The maximum atomic E-state index is 4.85. The van der Waals surface area contributed by atoms with Crippen molar-refractivity contribution < 1.29 is 4.59 Å². The average Bonchev–Trinajstić information content (AvgIpc) is 2.87. The first kappa shape index (κ1) is 16.1. The van der Waals surface area contributed by atoms with Gasteiger partial charge in [-0.3, -0.25) is 0 Å². The Balaban J connectivity index is 2.06. The van der Waals surface area contributed by atoms with Crippen LogP contribution in [0.15, 0.2) is 76.0 Å². The second kappa shape index (κ2) is 6.40. The summed E-state index contributed by atoms with van der Waals surface area (Å²) < 4.78 is 1.67. The molecule has 23 heavy (non-hydrogen) atoms. The molecule has 0 saturated carbocycles. The average molecular weight is 371 g/mol. The van der Waals surface area contributed by atoms with Crippen LogP contribution in [0.1, 0.15) is 18.1 Å². The maximum Gasteiger partial charge on any atom is 0.260 e. The molecule has 0 aromatic heterocycles. The largest absolute Gasteiger partial charge is 0.260 e. The van der Waals surface area contributed by atoms with Gasteiger partial charge in [-0.2, -0.15) is 9.58 Å². The van der Waals surface area contributed by atoms with Crippen molar-refractivity contribution in [3.05, 3.63) is 82.1 Å². The van der Waals surface area contributed by atoms with E-state index in [-0.39, 0.29) is 0 Å². The Bertz CT molecular complexity index is 748. The first-order valence-electron chi connectivity index (χ1n) is 7.65. The highest BCUT2D eigenvalue weighted by atomic mass is 79.9. The Labute approximate surface area is 146 Å². The van der Waals surface area contributed by atoms with E-state index in [2.05, 4.69) is 103 Å². The van der Waals surface area contributed by atoms with Gasteiger partial charge in [0.2, 0.25) is 0 Å². The first-order valence-corrected chi connectivity index (χ1v) is 8.45. The lowest BCUT2D eigenvalue weighted by Crippen LogP contribution is -2.55. The van der Waals surface area contributed by atoms with Gasteiger partial charge >= 0.3 is 0 Å². The van der Waals surface area contributed by atoms with Crippen LogP contribution < -0.4 is 0 Å². The van der Waals surface area contributed by atoms with Gasteiger partial charge in [0, 0.05) is 24.1 Å². The predicted octanol–water partition coefficient (Wildman–Crippen LogP) is 4.56. The van der Waals surface area contributed by atoms with Gasteiger partial charge < -0.3 is 0 Å². The fourth-order valence-corrected chi connectivity index (χ4v) is 3.23. The van der Waals surface area contributed by atoms with Crippen molar-refractivity contribution >= 4 is 21.8 Å². The maximum absolute atomic E-state index is 4.85. The number of quaternary nitrogens is 1. The predicted molar refractivity (Wildman–Crippen MR) is 98.5 cm³/mol. The van der Waals surface area contributed by atoms with Crippen LogP contribution in [0.4, 0.5) is 0 Å². The van der Waals surface area contributed by atoms with Crippen LogP contribution in [-0.2, 0) is 6.54 Å². The van der Waals surface area contributed by atoms with Crippen molar-refractivity contribution in [2.75, 3.05) is 14.1 Å². The molecule has 0 aliphatic carbocycles. The van der Waals surface area contributed by atoms with Crippen molar-refractivity contribution in [2.24, 2.45) is 4.99 Å². The molecule has 3 nitrogen and oxygen atoms in total. The molecule has 2 aromatic rings. The van der Waals surface area contributed by atoms with Gasteiger partial charge in [-0.05, 0) is 31.2 Å². The molecule has 0 fully saturated rings. The Morgan fingerprint density at radius 1 is 1.00 bits per heavy atom. The summed E-state index contributed by atoms with van der Waals surface area (Å²) in [5.41, 5.74) is 3.48. The number of hydrogen-bond donors (Lipinski definition) is 0. The summed E-state index contributed by atoms with van der Waals surface area (Å²) in [6.45, 7) is 2.91. The van der Waals surface area contributed by atoms with Gasteiger partial charge in [0.25, 0.3) is 5.84 Å². The molecule has 0 bridgehead atoms. The Morgan fingerprint density at radius 3 is 2.26 bits per heavy atom. The summed E-state index contributed by atoms with van der Waals surface area (Å²) in [5.74, 6) is 1.06. The number of nitrogens with zero attached hydrogens (tertiary/aromatic N) is 3. The van der Waals surface area contributed by atoms with Crippen LogP contribution in [0.25, 0.3) is 0 Å². The second-order valence-corrected chi connectivity index (χ2v) is 6.95. The number of halogens is 1. The van der Waals surface area contributed by atoms with Gasteiger partial charge in [-0.15, -0.1) is 5.01 Å². The quantitative estimate of drug-likeness (QED) is 0.720. The Kier molecular flexibility index (Phi) is 4.48. The summed E-state index contributed by atoms with van der Waals surface area (Å²) in [6.07, 6.45) is 2.23. The summed E-state index contributed by atoms with van der Waals surface area (Å²) in [6, 6.07) is 19.0. The van der Waals surface area contributed by atoms with E-state index in [0.717, 1.165) is 28.1 Å². The van der Waals surface area contributed by atoms with E-state index in [0.29, 0.717) is 4.59 Å². The number of benzene rings is 2. The summed E-state index contributed by atoms with van der Waals surface area (Å²) in [5, 5.41) is 2.21. The molecule has 1 aliphatic heterocycles. The Hall–Kier alpha value is -1.75. The molecule has 0 saturated heterocycles. The van der Waals surface area contributed by atoms with Gasteiger partial charge in [0.15, 0.2) is 0 Å². The number of hydrogen-bond acceptors (Lipinski definition) is 2. The lowest BCUT2D eigenvalue weighted by atomic mass is 10.1. The molecule has 1 unspecified atom stereocenters. The highest BCUT2D eigenvalue weighted by Gasteiger charge is 2.41. The molecule has 0 radical (unpaired) electrons. The Morgan fingerprint density at radius 2 is 1.65 bits per heavy atom. The van der Waals surface area contributed by atoms with Crippen LogP contribution >= 0.6 is 15.9 Å². The van der Waals surface area contributed by atoms with E-state index < -0.39 is 0 Å². The van der Waals surface area contributed by atoms with E-state index in [9.17, 15) is 0 Å². The van der Waals surface area contributed by atoms with E-state index in [4.69, 9.17) is 4.99 Å². The van der Waals surface area contributed by atoms with E-state index in [1.165, 1.54) is 5.56 Å². The topological polar surface area (TPSA) is 15.6 Å². The standard InChI is InChI=1S/C19H21BrN3/c1-15-13-23(22(2)3,14-16-7-5-4-6-8-16)19(21-15)17-9-11-18(20)12-10-17/h4-13H,14H2,1-3H3/q+1. The molecule has 3 rings (SSSR count). The lowest BCUT2D eigenvalue weighted by Gasteiger charge is -2.37. The zero-order valence-corrected chi connectivity index (χ0v) is 15.3. The molecule has 4 heteroatoms.